The van der Waals surface area contributed by atoms with Crippen LogP contribution in [0.25, 0.3) is 0 Å². The molecule has 0 amide bonds. The zero-order valence-corrected chi connectivity index (χ0v) is 13.4. The highest BCUT2D eigenvalue weighted by Gasteiger charge is 2.40. The summed E-state index contributed by atoms with van der Waals surface area (Å²) in [6.45, 7) is 1.56. The van der Waals surface area contributed by atoms with Crippen molar-refractivity contribution in [2.45, 2.75) is 12.5 Å². The topological polar surface area (TPSA) is 42.4 Å². The summed E-state index contributed by atoms with van der Waals surface area (Å²) in [6, 6.07) is 3.49. The van der Waals surface area contributed by atoms with Crippen LogP contribution in [0.5, 0.6) is 0 Å². The summed E-state index contributed by atoms with van der Waals surface area (Å²) in [4.78, 5) is 18.3. The number of likely N-dealkylation sites (tertiary alicyclic amines) is 1. The average Bonchev–Trinajstić information content (AvgIpc) is 3.17. The Balaban J connectivity index is 1.85. The third-order valence-electron chi connectivity index (χ3n) is 4.13. The van der Waals surface area contributed by atoms with Crippen LogP contribution in [0.1, 0.15) is 17.2 Å². The van der Waals surface area contributed by atoms with Gasteiger partial charge in [-0.25, -0.2) is 13.8 Å². The van der Waals surface area contributed by atoms with Crippen LogP contribution >= 0.6 is 11.3 Å². The smallest absolute Gasteiger partial charge is 0.310 e. The number of ether oxygens (including phenoxy) is 1. The maximum atomic E-state index is 14.1. The van der Waals surface area contributed by atoms with Crippen LogP contribution in [0, 0.1) is 17.6 Å². The zero-order valence-electron chi connectivity index (χ0n) is 12.5. The van der Waals surface area contributed by atoms with Crippen molar-refractivity contribution >= 4 is 17.3 Å². The van der Waals surface area contributed by atoms with Gasteiger partial charge < -0.3 is 4.74 Å². The van der Waals surface area contributed by atoms with Crippen LogP contribution in [-0.2, 0) is 16.1 Å². The molecule has 2 heterocycles. The summed E-state index contributed by atoms with van der Waals surface area (Å²) < 4.78 is 32.1. The third kappa shape index (κ3) is 3.40. The van der Waals surface area contributed by atoms with E-state index in [9.17, 15) is 13.6 Å². The largest absolute Gasteiger partial charge is 0.469 e. The number of rotatable bonds is 4. The second-order valence-corrected chi connectivity index (χ2v) is 6.29. The molecule has 0 N–H and O–H groups in total. The molecule has 0 aliphatic carbocycles. The normalized spacial score (nSPS) is 21.5. The molecule has 0 spiro atoms. The molecule has 1 aromatic carbocycles. The molecule has 23 heavy (non-hydrogen) atoms. The number of halogens is 2. The molecule has 0 bridgehead atoms. The van der Waals surface area contributed by atoms with E-state index in [1.807, 2.05) is 10.3 Å². The summed E-state index contributed by atoms with van der Waals surface area (Å²) in [5, 5.41) is 1.94. The number of nitrogens with zero attached hydrogens (tertiary/aromatic N) is 2. The molecule has 1 aliphatic heterocycles. The zero-order chi connectivity index (χ0) is 16.4. The molecule has 1 fully saturated rings. The van der Waals surface area contributed by atoms with Crippen molar-refractivity contribution in [3.63, 3.8) is 0 Å². The highest BCUT2D eigenvalue weighted by atomic mass is 32.1. The fourth-order valence-electron chi connectivity index (χ4n) is 3.07. The molecule has 7 heteroatoms. The SMILES string of the molecule is COC(=O)[C@H]1CN(Cc2cscn2)C[C@@H]1c1ccc(F)cc1F. The minimum absolute atomic E-state index is 0.350. The van der Waals surface area contributed by atoms with E-state index < -0.39 is 17.6 Å². The predicted octanol–water partition coefficient (Wildman–Crippen LogP) is 2.81. The van der Waals surface area contributed by atoms with Gasteiger partial charge in [0.2, 0.25) is 0 Å². The van der Waals surface area contributed by atoms with Gasteiger partial charge in [-0.15, -0.1) is 11.3 Å². The van der Waals surface area contributed by atoms with Gasteiger partial charge in [0.25, 0.3) is 0 Å². The summed E-state index contributed by atoms with van der Waals surface area (Å²) >= 11 is 1.50. The molecule has 4 nitrogen and oxygen atoms in total. The number of carbonyl (C=O) groups is 1. The quantitative estimate of drug-likeness (QED) is 0.804. The van der Waals surface area contributed by atoms with Gasteiger partial charge in [0.15, 0.2) is 0 Å². The molecule has 1 aliphatic rings. The summed E-state index contributed by atoms with van der Waals surface area (Å²) in [7, 11) is 1.32. The van der Waals surface area contributed by atoms with Gasteiger partial charge in [-0.3, -0.25) is 9.69 Å². The Morgan fingerprint density at radius 3 is 2.91 bits per heavy atom. The fraction of sp³-hybridized carbons (Fsp3) is 0.375. The number of carbonyl (C=O) groups excluding carboxylic acids is 1. The lowest BCUT2D eigenvalue weighted by Gasteiger charge is -2.17. The number of methoxy groups -OCH3 is 1. The highest BCUT2D eigenvalue weighted by molar-refractivity contribution is 7.07. The molecular formula is C16H16F2N2O2S. The summed E-state index contributed by atoms with van der Waals surface area (Å²) in [6.07, 6.45) is 0. The number of aromatic nitrogens is 1. The Morgan fingerprint density at radius 2 is 2.26 bits per heavy atom. The van der Waals surface area contributed by atoms with Crippen molar-refractivity contribution in [2.24, 2.45) is 5.92 Å². The Morgan fingerprint density at radius 1 is 1.43 bits per heavy atom. The van der Waals surface area contributed by atoms with Gasteiger partial charge in [0.05, 0.1) is 24.2 Å². The first kappa shape index (κ1) is 16.0. The number of thiazole rings is 1. The summed E-state index contributed by atoms with van der Waals surface area (Å²) in [5.41, 5.74) is 3.02. The van der Waals surface area contributed by atoms with Gasteiger partial charge >= 0.3 is 5.97 Å². The van der Waals surface area contributed by atoms with Crippen LogP contribution < -0.4 is 0 Å². The molecule has 3 rings (SSSR count). The summed E-state index contributed by atoms with van der Waals surface area (Å²) in [5.74, 6) is -2.46. The first-order valence-electron chi connectivity index (χ1n) is 7.20. The minimum atomic E-state index is -0.627. The van der Waals surface area contributed by atoms with E-state index in [2.05, 4.69) is 4.98 Å². The minimum Gasteiger partial charge on any atom is -0.469 e. The van der Waals surface area contributed by atoms with Crippen molar-refractivity contribution < 1.29 is 18.3 Å². The molecule has 0 saturated carbocycles. The maximum Gasteiger partial charge on any atom is 0.310 e. The van der Waals surface area contributed by atoms with Crippen molar-refractivity contribution in [2.75, 3.05) is 20.2 Å². The van der Waals surface area contributed by atoms with Gasteiger partial charge in [-0.1, -0.05) is 6.07 Å². The molecule has 2 atom stereocenters. The predicted molar refractivity (Wildman–Crippen MR) is 82.0 cm³/mol. The fourth-order valence-corrected chi connectivity index (χ4v) is 3.62. The van der Waals surface area contributed by atoms with E-state index >= 15 is 0 Å². The van der Waals surface area contributed by atoms with Gasteiger partial charge in [0.1, 0.15) is 11.6 Å². The first-order chi connectivity index (χ1) is 11.1. The van der Waals surface area contributed by atoms with E-state index in [0.29, 0.717) is 25.2 Å². The van der Waals surface area contributed by atoms with Crippen molar-refractivity contribution in [3.05, 3.63) is 52.0 Å². The first-order valence-corrected chi connectivity index (χ1v) is 8.15. The van der Waals surface area contributed by atoms with E-state index in [1.165, 1.54) is 30.6 Å². The highest BCUT2D eigenvalue weighted by Crippen LogP contribution is 2.35. The molecule has 1 aromatic heterocycles. The second-order valence-electron chi connectivity index (χ2n) is 5.58. The van der Waals surface area contributed by atoms with Crippen LogP contribution in [0.4, 0.5) is 8.78 Å². The van der Waals surface area contributed by atoms with E-state index in [0.717, 1.165) is 11.8 Å². The monoisotopic (exact) mass is 338 g/mol. The third-order valence-corrected chi connectivity index (χ3v) is 4.77. The van der Waals surface area contributed by atoms with Crippen LogP contribution in [0.3, 0.4) is 0 Å². The van der Waals surface area contributed by atoms with E-state index in [-0.39, 0.29) is 11.9 Å². The Hall–Kier alpha value is -1.86. The van der Waals surface area contributed by atoms with Gasteiger partial charge in [0, 0.05) is 37.0 Å². The number of hydrogen-bond acceptors (Lipinski definition) is 5. The van der Waals surface area contributed by atoms with Crippen molar-refractivity contribution in [1.82, 2.24) is 9.88 Å². The number of esters is 1. The number of hydrogen-bond donors (Lipinski definition) is 0. The average molecular weight is 338 g/mol. The van der Waals surface area contributed by atoms with Crippen molar-refractivity contribution in [1.29, 1.82) is 0 Å². The van der Waals surface area contributed by atoms with E-state index in [1.54, 1.807) is 5.51 Å². The Labute approximate surface area is 136 Å². The second kappa shape index (κ2) is 6.72. The molecule has 122 valence electrons. The van der Waals surface area contributed by atoms with Gasteiger partial charge in [-0.05, 0) is 11.6 Å². The van der Waals surface area contributed by atoms with Crippen LogP contribution in [-0.4, -0.2) is 36.1 Å². The lowest BCUT2D eigenvalue weighted by atomic mass is 9.88. The van der Waals surface area contributed by atoms with Crippen molar-refractivity contribution in [3.8, 4) is 0 Å². The Bertz CT molecular complexity index is 693. The van der Waals surface area contributed by atoms with Crippen LogP contribution in [0.15, 0.2) is 29.1 Å². The molecular weight excluding hydrogens is 322 g/mol. The standard InChI is InChI=1S/C16H16F2N2O2S/c1-22-16(21)14-7-20(5-11-8-23-9-19-11)6-13(14)12-3-2-10(17)4-15(12)18/h2-4,8-9,13-14H,5-7H2,1H3/t13-,14+/m1/s1. The lowest BCUT2D eigenvalue weighted by molar-refractivity contribution is -0.145. The molecule has 2 aromatic rings. The van der Waals surface area contributed by atoms with Crippen LogP contribution in [0.2, 0.25) is 0 Å². The number of benzene rings is 1. The molecule has 0 radical (unpaired) electrons. The van der Waals surface area contributed by atoms with Gasteiger partial charge in [-0.2, -0.15) is 0 Å². The van der Waals surface area contributed by atoms with E-state index in [4.69, 9.17) is 4.74 Å². The Kier molecular flexibility index (Phi) is 4.68. The molecule has 1 saturated heterocycles. The molecule has 0 unspecified atom stereocenters. The lowest BCUT2D eigenvalue weighted by Crippen LogP contribution is -2.24. The maximum absolute atomic E-state index is 14.1.